The molecule has 0 unspecified atom stereocenters. The number of nitrogens with zero attached hydrogens (tertiary/aromatic N) is 2. The van der Waals surface area contributed by atoms with E-state index in [4.69, 9.17) is 14.2 Å². The SMILES string of the molecule is COc1ccccc1C(CC1=C(C#N)C(=O)OC(C)(C)C1)CC1=C(C#N)C(=O)OC(C)(C)C1. The average Bonchev–Trinajstić information content (AvgIpc) is 2.71. The monoisotopic (exact) mass is 448 g/mol. The van der Waals surface area contributed by atoms with Gasteiger partial charge in [-0.1, -0.05) is 18.2 Å². The molecule has 3 rings (SSSR count). The topological polar surface area (TPSA) is 109 Å². The molecule has 0 atom stereocenters. The predicted octanol–water partition coefficient (Wildman–Crippen LogP) is 4.65. The average molecular weight is 449 g/mol. The molecule has 0 aliphatic carbocycles. The van der Waals surface area contributed by atoms with Crippen LogP contribution in [0.1, 0.15) is 64.9 Å². The summed E-state index contributed by atoms with van der Waals surface area (Å²) in [6.45, 7) is 7.25. The van der Waals surface area contributed by atoms with E-state index in [1.807, 2.05) is 64.1 Å². The highest BCUT2D eigenvalue weighted by molar-refractivity contribution is 5.95. The van der Waals surface area contributed by atoms with E-state index in [1.165, 1.54) is 0 Å². The third-order valence-corrected chi connectivity index (χ3v) is 5.92. The molecule has 7 nitrogen and oxygen atoms in total. The number of para-hydroxylation sites is 1. The Labute approximate surface area is 194 Å². The van der Waals surface area contributed by atoms with Crippen LogP contribution in [0, 0.1) is 22.7 Å². The lowest BCUT2D eigenvalue weighted by Crippen LogP contribution is -2.35. The smallest absolute Gasteiger partial charge is 0.349 e. The number of carbonyl (C=O) groups excluding carboxylic acids is 2. The van der Waals surface area contributed by atoms with Crippen molar-refractivity contribution in [3.8, 4) is 17.9 Å². The van der Waals surface area contributed by atoms with Gasteiger partial charge in [0.05, 0.1) is 7.11 Å². The summed E-state index contributed by atoms with van der Waals surface area (Å²) in [6.07, 6.45) is 1.62. The fourth-order valence-corrected chi connectivity index (χ4v) is 4.66. The fourth-order valence-electron chi connectivity index (χ4n) is 4.66. The van der Waals surface area contributed by atoms with Crippen LogP contribution in [0.3, 0.4) is 0 Å². The number of ether oxygens (including phenoxy) is 3. The van der Waals surface area contributed by atoms with Crippen LogP contribution in [0.4, 0.5) is 0 Å². The van der Waals surface area contributed by atoms with Crippen molar-refractivity contribution in [1.29, 1.82) is 10.5 Å². The normalized spacial score (nSPS) is 19.5. The minimum atomic E-state index is -0.730. The van der Waals surface area contributed by atoms with E-state index < -0.39 is 23.1 Å². The molecule has 0 aromatic heterocycles. The molecule has 0 saturated carbocycles. The van der Waals surface area contributed by atoms with Crippen molar-refractivity contribution in [2.24, 2.45) is 0 Å². The van der Waals surface area contributed by atoms with Crippen molar-refractivity contribution in [2.75, 3.05) is 7.11 Å². The van der Waals surface area contributed by atoms with Gasteiger partial charge < -0.3 is 14.2 Å². The van der Waals surface area contributed by atoms with Gasteiger partial charge in [0.1, 0.15) is 40.2 Å². The Bertz CT molecular complexity index is 1060. The van der Waals surface area contributed by atoms with Gasteiger partial charge in [-0.05, 0) is 69.2 Å². The van der Waals surface area contributed by atoms with Crippen molar-refractivity contribution in [1.82, 2.24) is 0 Å². The van der Waals surface area contributed by atoms with E-state index in [2.05, 4.69) is 0 Å². The van der Waals surface area contributed by atoms with Crippen LogP contribution in [-0.2, 0) is 19.1 Å². The number of esters is 2. The van der Waals surface area contributed by atoms with Crippen LogP contribution in [0.15, 0.2) is 46.6 Å². The van der Waals surface area contributed by atoms with E-state index in [-0.39, 0.29) is 17.1 Å². The van der Waals surface area contributed by atoms with Gasteiger partial charge in [0.2, 0.25) is 0 Å². The molecular formula is C26H28N2O5. The third-order valence-electron chi connectivity index (χ3n) is 5.92. The molecule has 2 aliphatic rings. The minimum Gasteiger partial charge on any atom is -0.496 e. The van der Waals surface area contributed by atoms with Crippen LogP contribution in [-0.4, -0.2) is 30.3 Å². The van der Waals surface area contributed by atoms with E-state index in [9.17, 15) is 20.1 Å². The Balaban J connectivity index is 2.10. The van der Waals surface area contributed by atoms with E-state index >= 15 is 0 Å². The Morgan fingerprint density at radius 1 is 0.909 bits per heavy atom. The van der Waals surface area contributed by atoms with Crippen molar-refractivity contribution in [3.05, 3.63) is 52.1 Å². The lowest BCUT2D eigenvalue weighted by Gasteiger charge is -2.35. The summed E-state index contributed by atoms with van der Waals surface area (Å²) in [5.41, 5.74) is 0.859. The Morgan fingerprint density at radius 2 is 1.36 bits per heavy atom. The number of benzene rings is 1. The van der Waals surface area contributed by atoms with Gasteiger partial charge in [-0.15, -0.1) is 0 Å². The molecule has 0 radical (unpaired) electrons. The molecule has 2 aliphatic heterocycles. The minimum absolute atomic E-state index is 0.0205. The number of methoxy groups -OCH3 is 1. The summed E-state index contributed by atoms with van der Waals surface area (Å²) in [5, 5.41) is 19.3. The molecule has 0 bridgehead atoms. The number of hydrogen-bond donors (Lipinski definition) is 0. The number of nitriles is 2. The Hall–Kier alpha value is -3.58. The molecule has 2 heterocycles. The maximum Gasteiger partial charge on any atom is 0.349 e. The van der Waals surface area contributed by atoms with Crippen LogP contribution in [0.25, 0.3) is 0 Å². The first kappa shape index (κ1) is 24.1. The molecule has 172 valence electrons. The molecule has 33 heavy (non-hydrogen) atoms. The van der Waals surface area contributed by atoms with Crippen LogP contribution < -0.4 is 4.74 Å². The molecule has 0 saturated heterocycles. The third kappa shape index (κ3) is 5.26. The second kappa shape index (κ2) is 9.11. The summed E-state index contributed by atoms with van der Waals surface area (Å²) >= 11 is 0. The number of cyclic esters (lactones) is 2. The summed E-state index contributed by atoms with van der Waals surface area (Å²) in [6, 6.07) is 11.5. The fraction of sp³-hybridized carbons (Fsp3) is 0.462. The maximum atomic E-state index is 12.5. The van der Waals surface area contributed by atoms with Gasteiger partial charge in [0.25, 0.3) is 0 Å². The van der Waals surface area contributed by atoms with E-state index in [0.717, 1.165) is 5.56 Å². The molecule has 0 amide bonds. The van der Waals surface area contributed by atoms with Gasteiger partial charge in [-0.25, -0.2) is 9.59 Å². The molecule has 7 heteroatoms. The van der Waals surface area contributed by atoms with Crippen molar-refractivity contribution in [2.45, 2.75) is 70.5 Å². The number of rotatable bonds is 6. The Morgan fingerprint density at radius 3 is 1.79 bits per heavy atom. The van der Waals surface area contributed by atoms with Crippen molar-refractivity contribution < 1.29 is 23.8 Å². The zero-order valence-electron chi connectivity index (χ0n) is 19.7. The molecular weight excluding hydrogens is 420 g/mol. The maximum absolute atomic E-state index is 12.5. The van der Waals surface area contributed by atoms with Gasteiger partial charge in [-0.3, -0.25) is 0 Å². The molecule has 0 spiro atoms. The van der Waals surface area contributed by atoms with Crippen LogP contribution >= 0.6 is 0 Å². The predicted molar refractivity (Wildman–Crippen MR) is 120 cm³/mol. The Kier molecular flexibility index (Phi) is 6.65. The second-order valence-corrected chi connectivity index (χ2v) is 9.68. The van der Waals surface area contributed by atoms with Crippen molar-refractivity contribution in [3.63, 3.8) is 0 Å². The van der Waals surface area contributed by atoms with Crippen LogP contribution in [0.5, 0.6) is 5.75 Å². The van der Waals surface area contributed by atoms with E-state index in [1.54, 1.807) is 7.11 Å². The quantitative estimate of drug-likeness (QED) is 0.583. The number of hydrogen-bond acceptors (Lipinski definition) is 7. The standard InChI is InChI=1S/C26H28N2O5/c1-25(2)12-17(20(14-27)23(29)32-25)10-16(19-8-6-7-9-22(19)31-5)11-18-13-26(3,4)33-24(30)21(18)15-28/h6-9,16H,10-13H2,1-5H3. The highest BCUT2D eigenvalue weighted by Crippen LogP contribution is 2.43. The van der Waals surface area contributed by atoms with Crippen molar-refractivity contribution >= 4 is 11.9 Å². The summed E-state index contributed by atoms with van der Waals surface area (Å²) in [4.78, 5) is 24.9. The first-order chi connectivity index (χ1) is 15.5. The van der Waals surface area contributed by atoms with Gasteiger partial charge >= 0.3 is 11.9 Å². The first-order valence-electron chi connectivity index (χ1n) is 10.8. The highest BCUT2D eigenvalue weighted by Gasteiger charge is 2.38. The summed E-state index contributed by atoms with van der Waals surface area (Å²) < 4.78 is 16.4. The number of carbonyl (C=O) groups is 2. The lowest BCUT2D eigenvalue weighted by molar-refractivity contribution is -0.153. The zero-order valence-corrected chi connectivity index (χ0v) is 19.7. The van der Waals surface area contributed by atoms with Gasteiger partial charge in [-0.2, -0.15) is 10.5 Å². The molecule has 0 N–H and O–H groups in total. The lowest BCUT2D eigenvalue weighted by atomic mass is 9.78. The van der Waals surface area contributed by atoms with Gasteiger partial charge in [0.15, 0.2) is 0 Å². The van der Waals surface area contributed by atoms with Gasteiger partial charge in [0, 0.05) is 12.8 Å². The molecule has 1 aromatic rings. The van der Waals surface area contributed by atoms with Crippen LogP contribution in [0.2, 0.25) is 0 Å². The molecule has 1 aromatic carbocycles. The zero-order chi connectivity index (χ0) is 24.4. The van der Waals surface area contributed by atoms with E-state index in [0.29, 0.717) is 42.6 Å². The summed E-state index contributed by atoms with van der Waals surface area (Å²) in [7, 11) is 1.58. The second-order valence-electron chi connectivity index (χ2n) is 9.68. The molecule has 0 fully saturated rings. The summed E-state index contributed by atoms with van der Waals surface area (Å²) in [5.74, 6) is -0.819. The first-order valence-corrected chi connectivity index (χ1v) is 10.8. The largest absolute Gasteiger partial charge is 0.496 e. The highest BCUT2D eigenvalue weighted by atomic mass is 16.6.